The summed E-state index contributed by atoms with van der Waals surface area (Å²) in [5.74, 6) is 0.462. The second-order valence-electron chi connectivity index (χ2n) is 2.39. The first kappa shape index (κ1) is 11.4. The summed E-state index contributed by atoms with van der Waals surface area (Å²) in [6.07, 6.45) is 0. The molecule has 0 radical (unpaired) electrons. The van der Waals surface area contributed by atoms with Gasteiger partial charge in [0.25, 0.3) is 0 Å². The molecule has 0 atom stereocenters. The van der Waals surface area contributed by atoms with E-state index in [-0.39, 0.29) is 5.69 Å². The molecule has 1 N–H and O–H groups in total. The molecule has 0 saturated carbocycles. The van der Waals surface area contributed by atoms with Gasteiger partial charge < -0.3 is 4.74 Å². The van der Waals surface area contributed by atoms with E-state index in [9.17, 15) is 8.42 Å². The normalized spacial score (nSPS) is 11.1. The Kier molecular flexibility index (Phi) is 3.47. The molecule has 1 rings (SSSR count). The minimum Gasteiger partial charge on any atom is -0.495 e. The zero-order valence-electron chi connectivity index (χ0n) is 7.12. The predicted octanol–water partition coefficient (Wildman–Crippen LogP) is 2.24. The van der Waals surface area contributed by atoms with Gasteiger partial charge in [-0.25, -0.2) is 0 Å². The minimum atomic E-state index is -3.79. The lowest BCUT2D eigenvalue weighted by Gasteiger charge is -2.05. The number of hydrogen-bond donors (Lipinski definition) is 1. The Labute approximate surface area is 91.3 Å². The topological polar surface area (TPSA) is 55.4 Å². The Hall–Kier alpha value is -0.650. The van der Waals surface area contributed by atoms with E-state index < -0.39 is 9.24 Å². The first-order chi connectivity index (χ1) is 6.42. The summed E-state index contributed by atoms with van der Waals surface area (Å²) < 4.78 is 28.3. The van der Waals surface area contributed by atoms with Crippen molar-refractivity contribution in [2.45, 2.75) is 0 Å². The Morgan fingerprint density at radius 1 is 1.43 bits per heavy atom. The Bertz CT molecular complexity index is 433. The van der Waals surface area contributed by atoms with Crippen molar-refractivity contribution < 1.29 is 13.2 Å². The van der Waals surface area contributed by atoms with E-state index in [1.807, 2.05) is 0 Å². The number of benzene rings is 1. The second-order valence-corrected chi connectivity index (χ2v) is 5.10. The maximum Gasteiger partial charge on any atom is 0.319 e. The maximum absolute atomic E-state index is 10.6. The molecule has 0 heterocycles. The monoisotopic (exact) mass is 255 g/mol. The highest BCUT2D eigenvalue weighted by molar-refractivity contribution is 8.14. The molecule has 4 nitrogen and oxygen atoms in total. The van der Waals surface area contributed by atoms with Crippen LogP contribution in [-0.2, 0) is 9.24 Å². The van der Waals surface area contributed by atoms with Crippen molar-refractivity contribution in [3.05, 3.63) is 23.2 Å². The van der Waals surface area contributed by atoms with Crippen molar-refractivity contribution in [3.8, 4) is 5.75 Å². The molecule has 78 valence electrons. The third-order valence-electron chi connectivity index (χ3n) is 1.39. The molecule has 0 aliphatic carbocycles. The van der Waals surface area contributed by atoms with Gasteiger partial charge in [-0.1, -0.05) is 11.6 Å². The zero-order valence-corrected chi connectivity index (χ0v) is 9.45. The number of halogens is 2. The van der Waals surface area contributed by atoms with Gasteiger partial charge in [-0.3, -0.25) is 4.72 Å². The number of methoxy groups -OCH3 is 1. The van der Waals surface area contributed by atoms with Crippen LogP contribution in [0.1, 0.15) is 0 Å². The fraction of sp³-hybridized carbons (Fsp3) is 0.143. The van der Waals surface area contributed by atoms with E-state index in [1.54, 1.807) is 0 Å². The van der Waals surface area contributed by atoms with Crippen molar-refractivity contribution in [3.63, 3.8) is 0 Å². The molecule has 0 amide bonds. The van der Waals surface area contributed by atoms with Crippen molar-refractivity contribution in [2.75, 3.05) is 11.8 Å². The van der Waals surface area contributed by atoms with Crippen LogP contribution in [0.4, 0.5) is 5.69 Å². The van der Waals surface area contributed by atoms with Gasteiger partial charge in [-0.05, 0) is 18.2 Å². The summed E-state index contributed by atoms with van der Waals surface area (Å²) >= 11 is 5.76. The molecule has 14 heavy (non-hydrogen) atoms. The molecular formula is C7H7Cl2NO3S. The van der Waals surface area contributed by atoms with E-state index in [1.165, 1.54) is 25.3 Å². The molecule has 1 aromatic rings. The highest BCUT2D eigenvalue weighted by Crippen LogP contribution is 2.27. The molecule has 0 aliphatic rings. The summed E-state index contributed by atoms with van der Waals surface area (Å²) in [5.41, 5.74) is 0.283. The number of hydrogen-bond acceptors (Lipinski definition) is 3. The number of nitrogens with one attached hydrogen (secondary N) is 1. The smallest absolute Gasteiger partial charge is 0.319 e. The molecule has 0 unspecified atom stereocenters. The van der Waals surface area contributed by atoms with Crippen LogP contribution in [0, 0.1) is 0 Å². The van der Waals surface area contributed by atoms with Crippen molar-refractivity contribution in [1.29, 1.82) is 0 Å². The van der Waals surface area contributed by atoms with Crippen LogP contribution < -0.4 is 9.46 Å². The molecule has 0 fully saturated rings. The summed E-state index contributed by atoms with van der Waals surface area (Å²) in [4.78, 5) is 0. The lowest BCUT2D eigenvalue weighted by molar-refractivity contribution is 0.415. The molecule has 0 saturated heterocycles. The lowest BCUT2D eigenvalue weighted by atomic mass is 10.3. The van der Waals surface area contributed by atoms with Crippen LogP contribution in [0.3, 0.4) is 0 Å². The molecule has 1 aromatic carbocycles. The molecule has 0 aromatic heterocycles. The lowest BCUT2D eigenvalue weighted by Crippen LogP contribution is -2.03. The first-order valence-electron chi connectivity index (χ1n) is 3.48. The molecule has 0 bridgehead atoms. The quantitative estimate of drug-likeness (QED) is 0.844. The van der Waals surface area contributed by atoms with Gasteiger partial charge in [-0.2, -0.15) is 8.42 Å². The van der Waals surface area contributed by atoms with Crippen LogP contribution in [0.2, 0.25) is 5.02 Å². The van der Waals surface area contributed by atoms with Crippen LogP contribution in [0.25, 0.3) is 0 Å². The zero-order chi connectivity index (χ0) is 10.8. The summed E-state index contributed by atoms with van der Waals surface area (Å²) in [7, 11) is 2.65. The van der Waals surface area contributed by atoms with Crippen LogP contribution in [0.5, 0.6) is 5.75 Å². The third kappa shape index (κ3) is 3.25. The summed E-state index contributed by atoms with van der Waals surface area (Å²) in [6.45, 7) is 0. The summed E-state index contributed by atoms with van der Waals surface area (Å²) in [6, 6.07) is 4.43. The van der Waals surface area contributed by atoms with E-state index in [0.29, 0.717) is 10.8 Å². The molecular weight excluding hydrogens is 249 g/mol. The second kappa shape index (κ2) is 4.25. The van der Waals surface area contributed by atoms with Crippen molar-refractivity contribution in [2.24, 2.45) is 0 Å². The predicted molar refractivity (Wildman–Crippen MR) is 56.4 cm³/mol. The molecule has 0 aliphatic heterocycles. The number of rotatable bonds is 3. The van der Waals surface area contributed by atoms with Gasteiger partial charge in [0.15, 0.2) is 0 Å². The van der Waals surface area contributed by atoms with Gasteiger partial charge in [-0.15, -0.1) is 0 Å². The van der Waals surface area contributed by atoms with E-state index in [0.717, 1.165) is 0 Å². The number of anilines is 1. The Morgan fingerprint density at radius 2 is 2.07 bits per heavy atom. The standard InChI is InChI=1S/C7H7Cl2NO3S/c1-13-7-3-2-5(4-6(7)8)10-14(9,11)12/h2-4,10H,1H3. The molecule has 0 spiro atoms. The highest BCUT2D eigenvalue weighted by Gasteiger charge is 2.06. The largest absolute Gasteiger partial charge is 0.495 e. The molecule has 7 heteroatoms. The third-order valence-corrected chi connectivity index (χ3v) is 2.40. The first-order valence-corrected chi connectivity index (χ1v) is 6.17. The van der Waals surface area contributed by atoms with Crippen LogP contribution in [0.15, 0.2) is 18.2 Å². The average molecular weight is 256 g/mol. The fourth-order valence-corrected chi connectivity index (χ4v) is 1.80. The highest BCUT2D eigenvalue weighted by atomic mass is 35.7. The van der Waals surface area contributed by atoms with Crippen molar-refractivity contribution >= 4 is 37.2 Å². The SMILES string of the molecule is COc1ccc(NS(=O)(=O)Cl)cc1Cl. The van der Waals surface area contributed by atoms with E-state index >= 15 is 0 Å². The average Bonchev–Trinajstić information content (AvgIpc) is 2.01. The Balaban J connectivity index is 2.98. The fourth-order valence-electron chi connectivity index (χ4n) is 0.871. The number of ether oxygens (including phenoxy) is 1. The van der Waals surface area contributed by atoms with Crippen LogP contribution >= 0.6 is 22.3 Å². The minimum absolute atomic E-state index is 0.283. The van der Waals surface area contributed by atoms with Crippen LogP contribution in [-0.4, -0.2) is 15.5 Å². The van der Waals surface area contributed by atoms with Gasteiger partial charge in [0.1, 0.15) is 5.75 Å². The van der Waals surface area contributed by atoms with E-state index in [4.69, 9.17) is 27.0 Å². The van der Waals surface area contributed by atoms with Gasteiger partial charge in [0.05, 0.1) is 17.8 Å². The van der Waals surface area contributed by atoms with Gasteiger partial charge in [0, 0.05) is 10.7 Å². The summed E-state index contributed by atoms with van der Waals surface area (Å²) in [5, 5.41) is 0.304. The maximum atomic E-state index is 10.6. The van der Waals surface area contributed by atoms with Gasteiger partial charge in [0.2, 0.25) is 0 Å². The Morgan fingerprint density at radius 3 is 2.50 bits per heavy atom. The van der Waals surface area contributed by atoms with Crippen molar-refractivity contribution in [1.82, 2.24) is 0 Å². The van der Waals surface area contributed by atoms with Gasteiger partial charge >= 0.3 is 9.24 Å². The van der Waals surface area contributed by atoms with E-state index in [2.05, 4.69) is 4.72 Å².